The number of furan rings is 1. The quantitative estimate of drug-likeness (QED) is 0.739. The molecule has 166 valence electrons. The van der Waals surface area contributed by atoms with Gasteiger partial charge in [0.15, 0.2) is 0 Å². The molecule has 3 amide bonds. The molecule has 2 N–H and O–H groups in total. The molecular formula is C23H29FN4O3. The second-order valence-electron chi connectivity index (χ2n) is 8.25. The average Bonchev–Trinajstić information content (AvgIpc) is 3.47. The maximum atomic E-state index is 13.4. The lowest BCUT2D eigenvalue weighted by molar-refractivity contribution is -0.129. The van der Waals surface area contributed by atoms with E-state index in [0.29, 0.717) is 44.3 Å². The molecule has 4 rings (SSSR count). The first-order valence-electron chi connectivity index (χ1n) is 11.0. The maximum absolute atomic E-state index is 13.4. The van der Waals surface area contributed by atoms with Crippen molar-refractivity contribution in [2.24, 2.45) is 5.92 Å². The molecule has 1 aliphatic heterocycles. The standard InChI is InChI=1S/C23H29FN4O3/c24-18-7-3-8-19(15-18)26-23(30)28-12-10-27(11-13-28)21(17-5-1-2-6-17)22(29)25-16-20-9-4-14-31-20/h3-4,7-9,14-15,17,21H,1-2,5-6,10-13,16H2,(H,25,29)(H,26,30)/t21-/m0/s1. The zero-order valence-corrected chi connectivity index (χ0v) is 17.6. The predicted octanol–water partition coefficient (Wildman–Crippen LogP) is 3.44. The third-order valence-electron chi connectivity index (χ3n) is 6.20. The van der Waals surface area contributed by atoms with E-state index in [-0.39, 0.29) is 23.8 Å². The highest BCUT2D eigenvalue weighted by Gasteiger charge is 2.37. The summed E-state index contributed by atoms with van der Waals surface area (Å²) in [4.78, 5) is 29.6. The van der Waals surface area contributed by atoms with Crippen LogP contribution in [0.1, 0.15) is 31.4 Å². The van der Waals surface area contributed by atoms with Crippen LogP contribution in [0.15, 0.2) is 47.1 Å². The number of carbonyl (C=O) groups excluding carboxylic acids is 2. The van der Waals surface area contributed by atoms with E-state index in [1.807, 2.05) is 12.1 Å². The summed E-state index contributed by atoms with van der Waals surface area (Å²) in [5.41, 5.74) is 0.438. The predicted molar refractivity (Wildman–Crippen MR) is 115 cm³/mol. The van der Waals surface area contributed by atoms with Crippen LogP contribution in [0.25, 0.3) is 0 Å². The highest BCUT2D eigenvalue weighted by Crippen LogP contribution is 2.31. The van der Waals surface area contributed by atoms with Gasteiger partial charge in [0.25, 0.3) is 0 Å². The number of nitrogens with zero attached hydrogens (tertiary/aromatic N) is 2. The summed E-state index contributed by atoms with van der Waals surface area (Å²) >= 11 is 0. The van der Waals surface area contributed by atoms with E-state index in [1.165, 1.54) is 12.1 Å². The summed E-state index contributed by atoms with van der Waals surface area (Å²) in [7, 11) is 0. The van der Waals surface area contributed by atoms with Gasteiger partial charge in [-0.15, -0.1) is 0 Å². The number of halogens is 1. The van der Waals surface area contributed by atoms with Crippen molar-refractivity contribution < 1.29 is 18.4 Å². The first kappa shape index (κ1) is 21.4. The second kappa shape index (κ2) is 9.96. The number of hydrogen-bond acceptors (Lipinski definition) is 4. The minimum Gasteiger partial charge on any atom is -0.467 e. The van der Waals surface area contributed by atoms with Gasteiger partial charge in [0.2, 0.25) is 5.91 Å². The van der Waals surface area contributed by atoms with Crippen molar-refractivity contribution in [3.63, 3.8) is 0 Å². The van der Waals surface area contributed by atoms with Crippen molar-refractivity contribution in [1.29, 1.82) is 0 Å². The zero-order valence-electron chi connectivity index (χ0n) is 17.6. The van der Waals surface area contributed by atoms with E-state index < -0.39 is 0 Å². The highest BCUT2D eigenvalue weighted by atomic mass is 19.1. The molecule has 2 aromatic rings. The largest absolute Gasteiger partial charge is 0.467 e. The van der Waals surface area contributed by atoms with Gasteiger partial charge in [-0.25, -0.2) is 9.18 Å². The van der Waals surface area contributed by atoms with Gasteiger partial charge in [0.1, 0.15) is 11.6 Å². The minimum absolute atomic E-state index is 0.0287. The number of amides is 3. The monoisotopic (exact) mass is 428 g/mol. The lowest BCUT2D eigenvalue weighted by Gasteiger charge is -2.40. The molecule has 1 aliphatic carbocycles. The lowest BCUT2D eigenvalue weighted by atomic mass is 9.95. The summed E-state index contributed by atoms with van der Waals surface area (Å²) in [6.07, 6.45) is 6.02. The van der Waals surface area contributed by atoms with Crippen molar-refractivity contribution >= 4 is 17.6 Å². The molecule has 2 aliphatic rings. The van der Waals surface area contributed by atoms with Gasteiger partial charge >= 0.3 is 6.03 Å². The fraction of sp³-hybridized carbons (Fsp3) is 0.478. The Kier molecular flexibility index (Phi) is 6.86. The van der Waals surface area contributed by atoms with E-state index in [2.05, 4.69) is 15.5 Å². The fourth-order valence-electron chi connectivity index (χ4n) is 4.62. The SMILES string of the molecule is O=C(NCc1ccco1)[C@H](C1CCCC1)N1CCN(C(=O)Nc2cccc(F)c2)CC1. The van der Waals surface area contributed by atoms with Gasteiger partial charge in [-0.05, 0) is 49.1 Å². The normalized spacial score (nSPS) is 18.7. The van der Waals surface area contributed by atoms with Crippen LogP contribution < -0.4 is 10.6 Å². The average molecular weight is 429 g/mol. The van der Waals surface area contributed by atoms with Gasteiger partial charge in [-0.2, -0.15) is 0 Å². The summed E-state index contributed by atoms with van der Waals surface area (Å²) in [6.45, 7) is 2.69. The molecule has 2 heterocycles. The van der Waals surface area contributed by atoms with Crippen LogP contribution in [0.4, 0.5) is 14.9 Å². The molecule has 0 unspecified atom stereocenters. The zero-order chi connectivity index (χ0) is 21.6. The number of urea groups is 1. The maximum Gasteiger partial charge on any atom is 0.321 e. The van der Waals surface area contributed by atoms with Crippen LogP contribution in [0.5, 0.6) is 0 Å². The third kappa shape index (κ3) is 5.44. The van der Waals surface area contributed by atoms with E-state index in [1.54, 1.807) is 23.3 Å². The summed E-state index contributed by atoms with van der Waals surface area (Å²) in [6, 6.07) is 9.09. The molecule has 0 bridgehead atoms. The first-order valence-corrected chi connectivity index (χ1v) is 11.0. The molecule has 0 spiro atoms. The van der Waals surface area contributed by atoms with Gasteiger partial charge in [0.05, 0.1) is 18.8 Å². The van der Waals surface area contributed by atoms with Gasteiger partial charge in [0, 0.05) is 31.9 Å². The Hall–Kier alpha value is -2.87. The van der Waals surface area contributed by atoms with Crippen molar-refractivity contribution in [3.8, 4) is 0 Å². The molecule has 8 heteroatoms. The van der Waals surface area contributed by atoms with Crippen molar-refractivity contribution in [2.45, 2.75) is 38.3 Å². The van der Waals surface area contributed by atoms with Crippen molar-refractivity contribution in [2.75, 3.05) is 31.5 Å². The Morgan fingerprint density at radius 3 is 2.55 bits per heavy atom. The smallest absolute Gasteiger partial charge is 0.321 e. The number of carbonyl (C=O) groups is 2. The number of nitrogens with one attached hydrogen (secondary N) is 2. The summed E-state index contributed by atoms with van der Waals surface area (Å²) in [5.74, 6) is 0.713. The van der Waals surface area contributed by atoms with E-state index >= 15 is 0 Å². The number of benzene rings is 1. The lowest BCUT2D eigenvalue weighted by Crippen LogP contribution is -2.58. The Bertz CT molecular complexity index is 875. The molecule has 1 saturated heterocycles. The highest BCUT2D eigenvalue weighted by molar-refractivity contribution is 5.89. The molecule has 0 radical (unpaired) electrons. The topological polar surface area (TPSA) is 77.8 Å². The summed E-state index contributed by atoms with van der Waals surface area (Å²) < 4.78 is 18.7. The second-order valence-corrected chi connectivity index (χ2v) is 8.25. The van der Waals surface area contributed by atoms with Gasteiger partial charge in [-0.1, -0.05) is 18.9 Å². The molecule has 1 aromatic carbocycles. The minimum atomic E-state index is -0.386. The molecule has 1 saturated carbocycles. The van der Waals surface area contributed by atoms with E-state index in [4.69, 9.17) is 4.42 Å². The van der Waals surface area contributed by atoms with Crippen molar-refractivity contribution in [1.82, 2.24) is 15.1 Å². The van der Waals surface area contributed by atoms with Gasteiger partial charge in [-0.3, -0.25) is 9.69 Å². The van der Waals surface area contributed by atoms with Gasteiger partial charge < -0.3 is 20.0 Å². The first-order chi connectivity index (χ1) is 15.1. The van der Waals surface area contributed by atoms with E-state index in [0.717, 1.165) is 31.4 Å². The van der Waals surface area contributed by atoms with Crippen LogP contribution in [-0.4, -0.2) is 54.0 Å². The molecule has 1 atom stereocenters. The Labute approximate surface area is 181 Å². The molecule has 31 heavy (non-hydrogen) atoms. The Morgan fingerprint density at radius 1 is 1.10 bits per heavy atom. The number of hydrogen-bond donors (Lipinski definition) is 2. The Balaban J connectivity index is 1.34. The molecule has 2 fully saturated rings. The molecule has 7 nitrogen and oxygen atoms in total. The number of anilines is 1. The third-order valence-corrected chi connectivity index (χ3v) is 6.20. The number of rotatable bonds is 6. The number of piperazine rings is 1. The van der Waals surface area contributed by atoms with Crippen LogP contribution in [0.2, 0.25) is 0 Å². The fourth-order valence-corrected chi connectivity index (χ4v) is 4.62. The van der Waals surface area contributed by atoms with Crippen LogP contribution in [-0.2, 0) is 11.3 Å². The van der Waals surface area contributed by atoms with Crippen LogP contribution in [0, 0.1) is 11.7 Å². The van der Waals surface area contributed by atoms with E-state index in [9.17, 15) is 14.0 Å². The van der Waals surface area contributed by atoms with Crippen molar-refractivity contribution in [3.05, 3.63) is 54.2 Å². The van der Waals surface area contributed by atoms with Crippen LogP contribution >= 0.6 is 0 Å². The molecule has 1 aromatic heterocycles. The summed E-state index contributed by atoms with van der Waals surface area (Å²) in [5, 5.41) is 5.78. The Morgan fingerprint density at radius 2 is 1.87 bits per heavy atom. The molecular weight excluding hydrogens is 399 g/mol. The van der Waals surface area contributed by atoms with Crippen LogP contribution in [0.3, 0.4) is 0 Å².